The molecule has 0 aliphatic rings. The van der Waals surface area contributed by atoms with Gasteiger partial charge in [0.05, 0.1) is 6.61 Å². The van der Waals surface area contributed by atoms with E-state index in [0.717, 1.165) is 25.3 Å². The van der Waals surface area contributed by atoms with Gasteiger partial charge in [0.25, 0.3) is 0 Å². The first-order chi connectivity index (χ1) is 10.2. The Morgan fingerprint density at radius 2 is 1.86 bits per heavy atom. The summed E-state index contributed by atoms with van der Waals surface area (Å²) in [5.41, 5.74) is 1.27. The third-order valence-electron chi connectivity index (χ3n) is 4.10. The summed E-state index contributed by atoms with van der Waals surface area (Å²) in [4.78, 5) is 0. The van der Waals surface area contributed by atoms with Gasteiger partial charge in [-0.3, -0.25) is 0 Å². The highest BCUT2D eigenvalue weighted by Gasteiger charge is 2.12. The van der Waals surface area contributed by atoms with Crippen LogP contribution in [0, 0.1) is 5.92 Å². The summed E-state index contributed by atoms with van der Waals surface area (Å²) >= 11 is 0. The maximum Gasteiger partial charge on any atom is 0.124 e. The summed E-state index contributed by atoms with van der Waals surface area (Å²) in [5, 5.41) is 3.54. The van der Waals surface area contributed by atoms with Crippen molar-refractivity contribution >= 4 is 0 Å². The van der Waals surface area contributed by atoms with E-state index in [-0.39, 0.29) is 0 Å². The summed E-state index contributed by atoms with van der Waals surface area (Å²) in [5.74, 6) is 1.72. The van der Waals surface area contributed by atoms with E-state index >= 15 is 0 Å². The maximum absolute atomic E-state index is 6.15. The van der Waals surface area contributed by atoms with Crippen LogP contribution < -0.4 is 10.1 Å². The van der Waals surface area contributed by atoms with Crippen molar-refractivity contribution in [3.63, 3.8) is 0 Å². The molecule has 1 rings (SSSR count). The molecule has 2 heteroatoms. The lowest BCUT2D eigenvalue weighted by molar-refractivity contribution is 0.230. The highest BCUT2D eigenvalue weighted by atomic mass is 16.5. The van der Waals surface area contributed by atoms with Gasteiger partial charge in [-0.2, -0.15) is 0 Å². The highest BCUT2D eigenvalue weighted by molar-refractivity contribution is 5.35. The monoisotopic (exact) mass is 291 g/mol. The SMILES string of the molecule is CCCCC(CC)COc1ccccc1C(C)NCCC. The minimum atomic E-state index is 0.344. The Bertz CT molecular complexity index is 378. The molecule has 120 valence electrons. The predicted molar refractivity (Wildman–Crippen MR) is 92.0 cm³/mol. The lowest BCUT2D eigenvalue weighted by Crippen LogP contribution is -2.20. The zero-order valence-corrected chi connectivity index (χ0v) is 14.3. The van der Waals surface area contributed by atoms with Crippen molar-refractivity contribution in [1.82, 2.24) is 5.32 Å². The number of benzene rings is 1. The van der Waals surface area contributed by atoms with E-state index in [0.29, 0.717) is 12.0 Å². The Labute approximate surface area is 131 Å². The molecule has 0 fully saturated rings. The second-order valence-corrected chi connectivity index (χ2v) is 5.94. The van der Waals surface area contributed by atoms with Crippen LogP contribution >= 0.6 is 0 Å². The molecule has 21 heavy (non-hydrogen) atoms. The van der Waals surface area contributed by atoms with Crippen LogP contribution in [0.5, 0.6) is 5.75 Å². The predicted octanol–water partition coefficient (Wildman–Crippen LogP) is 5.34. The number of hydrogen-bond acceptors (Lipinski definition) is 2. The Kier molecular flexibility index (Phi) is 9.16. The molecule has 2 unspecified atom stereocenters. The van der Waals surface area contributed by atoms with Gasteiger partial charge in [-0.15, -0.1) is 0 Å². The fraction of sp³-hybridized carbons (Fsp3) is 0.684. The first-order valence-electron chi connectivity index (χ1n) is 8.67. The molecule has 2 atom stereocenters. The maximum atomic E-state index is 6.15. The average Bonchev–Trinajstić information content (AvgIpc) is 2.53. The molecular weight excluding hydrogens is 258 g/mol. The Morgan fingerprint density at radius 1 is 1.10 bits per heavy atom. The molecular formula is C19H33NO. The Balaban J connectivity index is 2.61. The molecule has 0 aliphatic carbocycles. The van der Waals surface area contributed by atoms with Crippen molar-refractivity contribution in [3.05, 3.63) is 29.8 Å². The number of nitrogens with one attached hydrogen (secondary N) is 1. The van der Waals surface area contributed by atoms with Crippen LogP contribution in [0.25, 0.3) is 0 Å². The van der Waals surface area contributed by atoms with E-state index in [4.69, 9.17) is 4.74 Å². The second-order valence-electron chi connectivity index (χ2n) is 5.94. The van der Waals surface area contributed by atoms with E-state index in [9.17, 15) is 0 Å². The fourth-order valence-electron chi connectivity index (χ4n) is 2.55. The lowest BCUT2D eigenvalue weighted by atomic mass is 10.0. The smallest absolute Gasteiger partial charge is 0.124 e. The third kappa shape index (κ3) is 6.52. The van der Waals surface area contributed by atoms with Crippen LogP contribution in [0.2, 0.25) is 0 Å². The van der Waals surface area contributed by atoms with Crippen LogP contribution in [-0.4, -0.2) is 13.2 Å². The van der Waals surface area contributed by atoms with Crippen LogP contribution in [0.1, 0.15) is 71.4 Å². The van der Waals surface area contributed by atoms with Gasteiger partial charge < -0.3 is 10.1 Å². The van der Waals surface area contributed by atoms with E-state index in [1.54, 1.807) is 0 Å². The number of unbranched alkanes of at least 4 members (excludes halogenated alkanes) is 1. The molecule has 0 radical (unpaired) electrons. The molecule has 1 N–H and O–H groups in total. The second kappa shape index (κ2) is 10.7. The minimum Gasteiger partial charge on any atom is -0.493 e. The normalized spacial score (nSPS) is 13.9. The van der Waals surface area contributed by atoms with Crippen molar-refractivity contribution in [2.24, 2.45) is 5.92 Å². The summed E-state index contributed by atoms with van der Waals surface area (Å²) in [6, 6.07) is 8.79. The first kappa shape index (κ1) is 18.0. The first-order valence-corrected chi connectivity index (χ1v) is 8.67. The van der Waals surface area contributed by atoms with Crippen LogP contribution in [0.3, 0.4) is 0 Å². The van der Waals surface area contributed by atoms with Gasteiger partial charge in [-0.1, -0.05) is 58.2 Å². The van der Waals surface area contributed by atoms with Crippen molar-refractivity contribution in [1.29, 1.82) is 0 Å². The zero-order chi connectivity index (χ0) is 15.5. The highest BCUT2D eigenvalue weighted by Crippen LogP contribution is 2.26. The number of para-hydroxylation sites is 1. The Morgan fingerprint density at radius 3 is 2.52 bits per heavy atom. The lowest BCUT2D eigenvalue weighted by Gasteiger charge is -2.20. The van der Waals surface area contributed by atoms with Gasteiger partial charge in [0.2, 0.25) is 0 Å². The quantitative estimate of drug-likeness (QED) is 0.594. The standard InChI is InChI=1S/C19H33NO/c1-5-8-11-17(7-3)15-21-19-13-10-9-12-18(19)16(4)20-14-6-2/h9-10,12-13,16-17,20H,5-8,11,14-15H2,1-4H3. The zero-order valence-electron chi connectivity index (χ0n) is 14.3. The molecule has 0 amide bonds. The van der Waals surface area contributed by atoms with Gasteiger partial charge in [0.15, 0.2) is 0 Å². The van der Waals surface area contributed by atoms with Crippen LogP contribution in [-0.2, 0) is 0 Å². The van der Waals surface area contributed by atoms with Gasteiger partial charge in [0, 0.05) is 11.6 Å². The Hall–Kier alpha value is -1.02. The molecule has 0 bridgehead atoms. The summed E-state index contributed by atoms with van der Waals surface area (Å²) in [6.45, 7) is 10.8. The van der Waals surface area contributed by atoms with Crippen molar-refractivity contribution in [2.45, 2.75) is 65.8 Å². The topological polar surface area (TPSA) is 21.3 Å². The van der Waals surface area contributed by atoms with E-state index in [1.807, 2.05) is 0 Å². The molecule has 1 aromatic carbocycles. The summed E-state index contributed by atoms with van der Waals surface area (Å²) in [7, 11) is 0. The molecule has 0 saturated heterocycles. The van der Waals surface area contributed by atoms with Gasteiger partial charge in [-0.05, 0) is 38.3 Å². The minimum absolute atomic E-state index is 0.344. The van der Waals surface area contributed by atoms with Crippen molar-refractivity contribution in [3.8, 4) is 5.75 Å². The molecule has 0 aliphatic heterocycles. The largest absolute Gasteiger partial charge is 0.493 e. The summed E-state index contributed by atoms with van der Waals surface area (Å²) in [6.07, 6.45) is 6.20. The van der Waals surface area contributed by atoms with Crippen LogP contribution in [0.4, 0.5) is 0 Å². The number of ether oxygens (including phenoxy) is 1. The average molecular weight is 291 g/mol. The number of rotatable bonds is 11. The molecule has 1 aromatic rings. The molecule has 2 nitrogen and oxygen atoms in total. The fourth-order valence-corrected chi connectivity index (χ4v) is 2.55. The number of hydrogen-bond donors (Lipinski definition) is 1. The summed E-state index contributed by atoms with van der Waals surface area (Å²) < 4.78 is 6.15. The van der Waals surface area contributed by atoms with Crippen molar-refractivity contribution in [2.75, 3.05) is 13.2 Å². The van der Waals surface area contributed by atoms with Gasteiger partial charge in [0.1, 0.15) is 5.75 Å². The molecule has 0 spiro atoms. The molecule has 0 heterocycles. The van der Waals surface area contributed by atoms with Gasteiger partial charge >= 0.3 is 0 Å². The molecule has 0 saturated carbocycles. The van der Waals surface area contributed by atoms with Crippen LogP contribution in [0.15, 0.2) is 24.3 Å². The van der Waals surface area contributed by atoms with Crippen molar-refractivity contribution < 1.29 is 4.74 Å². The third-order valence-corrected chi connectivity index (χ3v) is 4.10. The molecule has 0 aromatic heterocycles. The van der Waals surface area contributed by atoms with Gasteiger partial charge in [-0.25, -0.2) is 0 Å². The van der Waals surface area contributed by atoms with E-state index < -0.39 is 0 Å². The van der Waals surface area contributed by atoms with E-state index in [2.05, 4.69) is 57.3 Å². The van der Waals surface area contributed by atoms with E-state index in [1.165, 1.54) is 31.2 Å².